The molecular formula is C12H22. The molecule has 0 radical (unpaired) electrons. The van der Waals surface area contributed by atoms with Crippen LogP contribution in [0.3, 0.4) is 0 Å². The average Bonchev–Trinajstić information content (AvgIpc) is 2.66. The third-order valence-corrected chi connectivity index (χ3v) is 4.63. The topological polar surface area (TPSA) is 0 Å². The van der Waals surface area contributed by atoms with Crippen molar-refractivity contribution in [2.24, 2.45) is 23.2 Å². The molecule has 0 amide bonds. The van der Waals surface area contributed by atoms with E-state index in [1.807, 2.05) is 0 Å². The average molecular weight is 166 g/mol. The fraction of sp³-hybridized carbons (Fsp3) is 1.00. The Morgan fingerprint density at radius 2 is 2.17 bits per heavy atom. The SMILES string of the molecule is CCCCC1CC(C)C2(C)CC12. The fourth-order valence-electron chi connectivity index (χ4n) is 3.36. The van der Waals surface area contributed by atoms with E-state index in [1.54, 1.807) is 6.42 Å². The van der Waals surface area contributed by atoms with Crippen LogP contribution in [0.1, 0.15) is 52.9 Å². The summed E-state index contributed by atoms with van der Waals surface area (Å²) in [5, 5.41) is 0. The number of hydrogen-bond donors (Lipinski definition) is 0. The first-order chi connectivity index (χ1) is 5.68. The van der Waals surface area contributed by atoms with E-state index in [0.717, 1.165) is 23.2 Å². The predicted molar refractivity (Wildman–Crippen MR) is 53.0 cm³/mol. The molecule has 2 saturated carbocycles. The second-order valence-corrected chi connectivity index (χ2v) is 5.36. The van der Waals surface area contributed by atoms with Gasteiger partial charge in [0, 0.05) is 0 Å². The van der Waals surface area contributed by atoms with E-state index in [-0.39, 0.29) is 0 Å². The Hall–Kier alpha value is 0. The summed E-state index contributed by atoms with van der Waals surface area (Å²) in [6.07, 6.45) is 7.43. The van der Waals surface area contributed by atoms with Gasteiger partial charge in [0.15, 0.2) is 0 Å². The van der Waals surface area contributed by atoms with Gasteiger partial charge in [-0.3, -0.25) is 0 Å². The van der Waals surface area contributed by atoms with Gasteiger partial charge in [0.2, 0.25) is 0 Å². The van der Waals surface area contributed by atoms with Gasteiger partial charge in [-0.15, -0.1) is 0 Å². The van der Waals surface area contributed by atoms with Crippen molar-refractivity contribution < 1.29 is 0 Å². The summed E-state index contributed by atoms with van der Waals surface area (Å²) in [7, 11) is 0. The second-order valence-electron chi connectivity index (χ2n) is 5.36. The zero-order valence-corrected chi connectivity index (χ0v) is 8.77. The first kappa shape index (κ1) is 8.59. The van der Waals surface area contributed by atoms with Crippen LogP contribution in [0.4, 0.5) is 0 Å². The molecule has 0 nitrogen and oxygen atoms in total. The number of fused-ring (bicyclic) bond motifs is 1. The Bertz CT molecular complexity index is 173. The summed E-state index contributed by atoms with van der Waals surface area (Å²) >= 11 is 0. The Kier molecular flexibility index (Phi) is 1.97. The number of hydrogen-bond acceptors (Lipinski definition) is 0. The van der Waals surface area contributed by atoms with Crippen molar-refractivity contribution in [3.63, 3.8) is 0 Å². The molecule has 0 aromatic heterocycles. The predicted octanol–water partition coefficient (Wildman–Crippen LogP) is 3.86. The molecule has 0 heterocycles. The summed E-state index contributed by atoms with van der Waals surface area (Å²) in [6, 6.07) is 0. The Morgan fingerprint density at radius 1 is 1.42 bits per heavy atom. The van der Waals surface area contributed by atoms with Gasteiger partial charge < -0.3 is 0 Å². The molecule has 4 unspecified atom stereocenters. The summed E-state index contributed by atoms with van der Waals surface area (Å²) in [5.41, 5.74) is 0.790. The zero-order valence-electron chi connectivity index (χ0n) is 8.77. The summed E-state index contributed by atoms with van der Waals surface area (Å²) in [4.78, 5) is 0. The maximum atomic E-state index is 2.51. The molecule has 0 aromatic rings. The molecule has 70 valence electrons. The van der Waals surface area contributed by atoms with Crippen molar-refractivity contribution in [3.8, 4) is 0 Å². The molecule has 12 heavy (non-hydrogen) atoms. The van der Waals surface area contributed by atoms with Gasteiger partial charge in [0.1, 0.15) is 0 Å². The fourth-order valence-corrected chi connectivity index (χ4v) is 3.36. The lowest BCUT2D eigenvalue weighted by Gasteiger charge is -2.14. The van der Waals surface area contributed by atoms with Crippen LogP contribution in [0.5, 0.6) is 0 Å². The molecular weight excluding hydrogens is 144 g/mol. The van der Waals surface area contributed by atoms with E-state index < -0.39 is 0 Å². The minimum Gasteiger partial charge on any atom is -0.0654 e. The van der Waals surface area contributed by atoms with E-state index in [4.69, 9.17) is 0 Å². The molecule has 0 heteroatoms. The van der Waals surface area contributed by atoms with Crippen LogP contribution in [0.25, 0.3) is 0 Å². The monoisotopic (exact) mass is 166 g/mol. The minimum atomic E-state index is 0.790. The lowest BCUT2D eigenvalue weighted by atomic mass is 9.92. The summed E-state index contributed by atoms with van der Waals surface area (Å²) in [6.45, 7) is 7.28. The van der Waals surface area contributed by atoms with Gasteiger partial charge in [-0.1, -0.05) is 40.0 Å². The highest BCUT2D eigenvalue weighted by Crippen LogP contribution is 2.69. The quantitative estimate of drug-likeness (QED) is 0.597. The molecule has 2 aliphatic rings. The van der Waals surface area contributed by atoms with E-state index >= 15 is 0 Å². The number of unbranched alkanes of at least 4 members (excludes halogenated alkanes) is 1. The maximum Gasteiger partial charge on any atom is -0.0266 e. The van der Waals surface area contributed by atoms with Gasteiger partial charge in [-0.2, -0.15) is 0 Å². The molecule has 0 N–H and O–H groups in total. The molecule has 2 rings (SSSR count). The van der Waals surface area contributed by atoms with Crippen LogP contribution in [0.15, 0.2) is 0 Å². The second kappa shape index (κ2) is 2.75. The molecule has 0 spiro atoms. The van der Waals surface area contributed by atoms with Crippen molar-refractivity contribution in [2.75, 3.05) is 0 Å². The van der Waals surface area contributed by atoms with Crippen molar-refractivity contribution in [2.45, 2.75) is 52.9 Å². The molecule has 4 atom stereocenters. The number of rotatable bonds is 3. The van der Waals surface area contributed by atoms with E-state index in [0.29, 0.717) is 0 Å². The molecule has 2 aliphatic carbocycles. The molecule has 2 fully saturated rings. The lowest BCUT2D eigenvalue weighted by molar-refractivity contribution is 0.369. The summed E-state index contributed by atoms with van der Waals surface area (Å²) in [5.74, 6) is 3.24. The van der Waals surface area contributed by atoms with Crippen LogP contribution >= 0.6 is 0 Å². The van der Waals surface area contributed by atoms with Crippen molar-refractivity contribution in [3.05, 3.63) is 0 Å². The van der Waals surface area contributed by atoms with E-state index in [2.05, 4.69) is 20.8 Å². The highest BCUT2D eigenvalue weighted by molar-refractivity contribution is 5.10. The normalized spacial score (nSPS) is 50.8. The zero-order chi connectivity index (χ0) is 8.77. The smallest absolute Gasteiger partial charge is 0.0266 e. The van der Waals surface area contributed by atoms with Gasteiger partial charge in [0.05, 0.1) is 0 Å². The third-order valence-electron chi connectivity index (χ3n) is 4.63. The Balaban J connectivity index is 1.88. The molecule has 0 bridgehead atoms. The van der Waals surface area contributed by atoms with Crippen molar-refractivity contribution >= 4 is 0 Å². The first-order valence-electron chi connectivity index (χ1n) is 5.68. The van der Waals surface area contributed by atoms with Crippen molar-refractivity contribution in [1.29, 1.82) is 0 Å². The van der Waals surface area contributed by atoms with Crippen LogP contribution in [-0.4, -0.2) is 0 Å². The van der Waals surface area contributed by atoms with Gasteiger partial charge in [-0.05, 0) is 36.0 Å². The lowest BCUT2D eigenvalue weighted by Crippen LogP contribution is -2.04. The van der Waals surface area contributed by atoms with Crippen LogP contribution < -0.4 is 0 Å². The van der Waals surface area contributed by atoms with Crippen LogP contribution in [0, 0.1) is 23.2 Å². The Morgan fingerprint density at radius 3 is 2.58 bits per heavy atom. The van der Waals surface area contributed by atoms with E-state index in [9.17, 15) is 0 Å². The van der Waals surface area contributed by atoms with Gasteiger partial charge >= 0.3 is 0 Å². The van der Waals surface area contributed by atoms with Gasteiger partial charge in [-0.25, -0.2) is 0 Å². The van der Waals surface area contributed by atoms with E-state index in [1.165, 1.54) is 25.7 Å². The standard InChI is InChI=1S/C12H22/c1-4-5-6-10-7-9(2)12(3)8-11(10)12/h9-11H,4-8H2,1-3H3. The van der Waals surface area contributed by atoms with Crippen LogP contribution in [-0.2, 0) is 0 Å². The third kappa shape index (κ3) is 1.11. The Labute approximate surface area is 76.7 Å². The van der Waals surface area contributed by atoms with Crippen molar-refractivity contribution in [1.82, 2.24) is 0 Å². The molecule has 0 aliphatic heterocycles. The highest BCUT2D eigenvalue weighted by Gasteiger charge is 2.61. The summed E-state index contributed by atoms with van der Waals surface area (Å²) < 4.78 is 0. The first-order valence-corrected chi connectivity index (χ1v) is 5.68. The van der Waals surface area contributed by atoms with Crippen LogP contribution in [0.2, 0.25) is 0 Å². The largest absolute Gasteiger partial charge is 0.0654 e. The molecule has 0 saturated heterocycles. The highest BCUT2D eigenvalue weighted by atomic mass is 14.7. The molecule has 0 aromatic carbocycles. The minimum absolute atomic E-state index is 0.790. The maximum absolute atomic E-state index is 2.51. The van der Waals surface area contributed by atoms with Gasteiger partial charge in [0.25, 0.3) is 0 Å².